The Kier molecular flexibility index (Phi) is 3.82. The van der Waals surface area contributed by atoms with Gasteiger partial charge >= 0.3 is 6.55 Å². The predicted molar refractivity (Wildman–Crippen MR) is 95.9 cm³/mol. The summed E-state index contributed by atoms with van der Waals surface area (Å²) in [5.41, 5.74) is 10.0. The number of rotatable bonds is 3. The van der Waals surface area contributed by atoms with Crippen molar-refractivity contribution in [1.29, 1.82) is 0 Å². The maximum Gasteiger partial charge on any atom is 0.320 e. The second kappa shape index (κ2) is 6.02. The molecule has 25 heavy (non-hydrogen) atoms. The van der Waals surface area contributed by atoms with Crippen LogP contribution in [0.5, 0.6) is 0 Å². The van der Waals surface area contributed by atoms with Crippen molar-refractivity contribution in [3.05, 3.63) is 53.9 Å². The summed E-state index contributed by atoms with van der Waals surface area (Å²) in [6.07, 6.45) is 1.86. The summed E-state index contributed by atoms with van der Waals surface area (Å²) >= 11 is 0. The van der Waals surface area contributed by atoms with Crippen molar-refractivity contribution in [2.24, 2.45) is 0 Å². The summed E-state index contributed by atoms with van der Waals surface area (Å²) in [4.78, 5) is 6.65. The molecule has 1 atom stereocenters. The molecule has 0 fully saturated rings. The zero-order valence-electron chi connectivity index (χ0n) is 14.0. The Morgan fingerprint density at radius 2 is 1.92 bits per heavy atom. The zero-order valence-corrected chi connectivity index (χ0v) is 14.0. The van der Waals surface area contributed by atoms with E-state index >= 15 is 0 Å². The molecule has 0 saturated heterocycles. The third-order valence-electron chi connectivity index (χ3n) is 4.98. The molecule has 2 aromatic carbocycles. The fraction of sp³-hybridized carbons (Fsp3) is 0.316. The van der Waals surface area contributed by atoms with Crippen LogP contribution in [0.2, 0.25) is 0 Å². The number of anilines is 2. The minimum atomic E-state index is -2.63. The van der Waals surface area contributed by atoms with E-state index in [1.807, 2.05) is 31.2 Å². The van der Waals surface area contributed by atoms with Crippen LogP contribution in [0.25, 0.3) is 11.0 Å². The van der Waals surface area contributed by atoms with E-state index in [4.69, 9.17) is 5.73 Å². The summed E-state index contributed by atoms with van der Waals surface area (Å²) in [6.45, 7) is 0.0950. The van der Waals surface area contributed by atoms with Crippen molar-refractivity contribution in [3.8, 4) is 0 Å². The second-order valence-corrected chi connectivity index (χ2v) is 6.42. The Hall–Kier alpha value is -2.63. The molecule has 130 valence electrons. The van der Waals surface area contributed by atoms with Gasteiger partial charge in [-0.2, -0.15) is 8.78 Å². The van der Waals surface area contributed by atoms with Gasteiger partial charge in [0.2, 0.25) is 0 Å². The summed E-state index contributed by atoms with van der Waals surface area (Å²) in [5, 5.41) is 0. The van der Waals surface area contributed by atoms with E-state index in [-0.39, 0.29) is 6.04 Å². The van der Waals surface area contributed by atoms with Crippen LogP contribution in [0, 0.1) is 0 Å². The number of halogens is 2. The molecular weight excluding hydrogens is 322 g/mol. The van der Waals surface area contributed by atoms with Crippen LogP contribution in [-0.4, -0.2) is 16.1 Å². The number of nitrogens with zero attached hydrogens (tertiary/aromatic N) is 3. The van der Waals surface area contributed by atoms with Gasteiger partial charge in [-0.25, -0.2) is 4.98 Å². The number of benzene rings is 2. The molecule has 6 heteroatoms. The second-order valence-electron chi connectivity index (χ2n) is 6.42. The number of nitrogens with two attached hydrogens (primary N) is 1. The van der Waals surface area contributed by atoms with Gasteiger partial charge in [0.25, 0.3) is 0 Å². The third kappa shape index (κ3) is 2.52. The van der Waals surface area contributed by atoms with E-state index in [0.717, 1.165) is 40.9 Å². The molecule has 4 rings (SSSR count). The fourth-order valence-electron chi connectivity index (χ4n) is 3.78. The maximum atomic E-state index is 13.8. The standard InChI is InChI=1S/C19H20F2N4/c1-12(24-11-5-6-13-14(22)7-4-10-16(13)24)18-23-15-8-2-3-9-17(15)25(18)19(20)21/h2-4,7-10,12,19H,5-6,11,22H2,1H3. The summed E-state index contributed by atoms with van der Waals surface area (Å²) < 4.78 is 28.6. The molecule has 0 amide bonds. The van der Waals surface area contributed by atoms with Crippen LogP contribution in [0.15, 0.2) is 42.5 Å². The van der Waals surface area contributed by atoms with Crippen LogP contribution in [0.3, 0.4) is 0 Å². The highest BCUT2D eigenvalue weighted by molar-refractivity contribution is 5.76. The van der Waals surface area contributed by atoms with Crippen LogP contribution in [0.1, 0.15) is 37.3 Å². The van der Waals surface area contributed by atoms with Crippen LogP contribution in [0.4, 0.5) is 20.2 Å². The monoisotopic (exact) mass is 342 g/mol. The lowest BCUT2D eigenvalue weighted by atomic mass is 9.98. The quantitative estimate of drug-likeness (QED) is 0.712. The number of para-hydroxylation sites is 2. The van der Waals surface area contributed by atoms with Gasteiger partial charge in [-0.1, -0.05) is 18.2 Å². The normalized spacial score (nSPS) is 15.6. The molecule has 0 saturated carbocycles. The molecule has 1 unspecified atom stereocenters. The highest BCUT2D eigenvalue weighted by Gasteiger charge is 2.29. The lowest BCUT2D eigenvalue weighted by Gasteiger charge is -2.36. The number of imidazole rings is 1. The summed E-state index contributed by atoms with van der Waals surface area (Å²) in [5.74, 6) is 0.381. The molecule has 0 radical (unpaired) electrons. The number of hydrogen-bond donors (Lipinski definition) is 1. The highest BCUT2D eigenvalue weighted by Crippen LogP contribution is 2.38. The SMILES string of the molecule is CC(c1nc2ccccc2n1C(F)F)N1CCCc2c(N)cccc21. The van der Waals surface area contributed by atoms with Gasteiger partial charge in [0, 0.05) is 17.9 Å². The van der Waals surface area contributed by atoms with E-state index < -0.39 is 6.55 Å². The molecule has 0 spiro atoms. The Labute approximate surface area is 144 Å². The smallest absolute Gasteiger partial charge is 0.320 e. The van der Waals surface area contributed by atoms with Crippen molar-refractivity contribution in [1.82, 2.24) is 9.55 Å². The third-order valence-corrected chi connectivity index (χ3v) is 4.98. The summed E-state index contributed by atoms with van der Waals surface area (Å²) in [7, 11) is 0. The van der Waals surface area contributed by atoms with Crippen molar-refractivity contribution in [2.75, 3.05) is 17.2 Å². The zero-order chi connectivity index (χ0) is 17.6. The summed E-state index contributed by atoms with van der Waals surface area (Å²) in [6, 6.07) is 12.6. The lowest BCUT2D eigenvalue weighted by molar-refractivity contribution is 0.0703. The number of alkyl halides is 2. The van der Waals surface area contributed by atoms with Gasteiger partial charge < -0.3 is 10.6 Å². The Morgan fingerprint density at radius 3 is 2.72 bits per heavy atom. The van der Waals surface area contributed by atoms with Crippen molar-refractivity contribution in [2.45, 2.75) is 32.4 Å². The van der Waals surface area contributed by atoms with Crippen LogP contribution < -0.4 is 10.6 Å². The molecule has 1 aliphatic rings. The van der Waals surface area contributed by atoms with Crippen molar-refractivity contribution < 1.29 is 8.78 Å². The molecule has 0 bridgehead atoms. The van der Waals surface area contributed by atoms with Gasteiger partial charge in [0.15, 0.2) is 0 Å². The van der Waals surface area contributed by atoms with Gasteiger partial charge in [-0.15, -0.1) is 0 Å². The van der Waals surface area contributed by atoms with Gasteiger partial charge in [-0.05, 0) is 49.6 Å². The van der Waals surface area contributed by atoms with Crippen molar-refractivity contribution >= 4 is 22.4 Å². The minimum absolute atomic E-state index is 0.276. The molecule has 3 aromatic rings. The molecule has 4 nitrogen and oxygen atoms in total. The average molecular weight is 342 g/mol. The predicted octanol–water partition coefficient (Wildman–Crippen LogP) is 4.53. The number of nitrogen functional groups attached to an aromatic ring is 1. The van der Waals surface area contributed by atoms with E-state index in [1.54, 1.807) is 18.2 Å². The molecule has 1 aliphatic heterocycles. The maximum absolute atomic E-state index is 13.8. The van der Waals surface area contributed by atoms with Crippen LogP contribution >= 0.6 is 0 Å². The molecule has 2 heterocycles. The minimum Gasteiger partial charge on any atom is -0.398 e. The first kappa shape index (κ1) is 15.9. The number of hydrogen-bond acceptors (Lipinski definition) is 3. The van der Waals surface area contributed by atoms with Gasteiger partial charge in [0.05, 0.1) is 17.1 Å². The first-order chi connectivity index (χ1) is 12.1. The highest BCUT2D eigenvalue weighted by atomic mass is 19.3. The number of fused-ring (bicyclic) bond motifs is 2. The van der Waals surface area contributed by atoms with E-state index in [0.29, 0.717) is 16.9 Å². The average Bonchev–Trinajstić information content (AvgIpc) is 3.01. The Bertz CT molecular complexity index is 919. The topological polar surface area (TPSA) is 47.1 Å². The first-order valence-corrected chi connectivity index (χ1v) is 8.47. The van der Waals surface area contributed by atoms with Crippen molar-refractivity contribution in [3.63, 3.8) is 0 Å². The Morgan fingerprint density at radius 1 is 1.12 bits per heavy atom. The van der Waals surface area contributed by atoms with E-state index in [1.165, 1.54) is 0 Å². The largest absolute Gasteiger partial charge is 0.398 e. The number of aromatic nitrogens is 2. The molecule has 1 aromatic heterocycles. The molecular formula is C19H20F2N4. The van der Waals surface area contributed by atoms with Gasteiger partial charge in [0.1, 0.15) is 5.82 Å². The fourth-order valence-corrected chi connectivity index (χ4v) is 3.78. The van der Waals surface area contributed by atoms with E-state index in [9.17, 15) is 8.78 Å². The lowest BCUT2D eigenvalue weighted by Crippen LogP contribution is -2.34. The van der Waals surface area contributed by atoms with Crippen LogP contribution in [-0.2, 0) is 6.42 Å². The van der Waals surface area contributed by atoms with E-state index in [2.05, 4.69) is 9.88 Å². The molecule has 0 aliphatic carbocycles. The first-order valence-electron chi connectivity index (χ1n) is 8.47. The molecule has 2 N–H and O–H groups in total. The van der Waals surface area contributed by atoms with Gasteiger partial charge in [-0.3, -0.25) is 4.57 Å². The Balaban J connectivity index is 1.83.